The van der Waals surface area contributed by atoms with Gasteiger partial charge in [-0.25, -0.2) is 22.0 Å². The fourth-order valence-corrected chi connectivity index (χ4v) is 5.90. The molecular formula is C26H20F7IO. The maximum atomic E-state index is 14.6. The van der Waals surface area contributed by atoms with Gasteiger partial charge < -0.3 is 4.74 Å². The highest BCUT2D eigenvalue weighted by Gasteiger charge is 2.41. The first-order valence-corrected chi connectivity index (χ1v) is 13.5. The van der Waals surface area contributed by atoms with Crippen LogP contribution in [0, 0.1) is 29.1 Å². The Hall–Kier alpha value is -2.43. The van der Waals surface area contributed by atoms with Crippen molar-refractivity contribution in [1.82, 2.24) is 0 Å². The van der Waals surface area contributed by atoms with Crippen LogP contribution in [0.5, 0.6) is 5.75 Å². The molecule has 0 unspecified atom stereocenters. The molecule has 186 valence electrons. The SMILES string of the molecule is C=IC1CCC(c2ccc(-c3cc(F)c(C(F)(F)Oc4cc(F)c(F)c(F)c4)c(F)c3)cc2)CC1. The Balaban J connectivity index is 1.56. The van der Waals surface area contributed by atoms with Crippen molar-refractivity contribution in [2.24, 2.45) is 0 Å². The number of benzene rings is 3. The van der Waals surface area contributed by atoms with E-state index in [2.05, 4.69) is 9.25 Å². The molecule has 0 heterocycles. The largest absolute Gasteiger partial charge is 0.432 e. The van der Waals surface area contributed by atoms with Crippen LogP contribution in [-0.4, -0.2) is 8.44 Å². The summed E-state index contributed by atoms with van der Waals surface area (Å²) in [7, 11) is 0. The molecule has 4 rings (SSSR count). The first-order chi connectivity index (χ1) is 16.6. The Labute approximate surface area is 207 Å². The molecule has 0 amide bonds. The van der Waals surface area contributed by atoms with Crippen LogP contribution in [0.25, 0.3) is 11.1 Å². The van der Waals surface area contributed by atoms with Crippen molar-refractivity contribution in [3.63, 3.8) is 0 Å². The Morgan fingerprint density at radius 1 is 0.743 bits per heavy atom. The fourth-order valence-electron chi connectivity index (χ4n) is 4.30. The van der Waals surface area contributed by atoms with Gasteiger partial charge in [-0.1, -0.05) is 28.8 Å². The summed E-state index contributed by atoms with van der Waals surface area (Å²) in [6.07, 6.45) is -0.201. The molecule has 35 heavy (non-hydrogen) atoms. The smallest absolute Gasteiger partial charge is 0.429 e. The number of alkyl halides is 3. The van der Waals surface area contributed by atoms with Crippen molar-refractivity contribution in [1.29, 1.82) is 0 Å². The Kier molecular flexibility index (Phi) is 7.54. The van der Waals surface area contributed by atoms with E-state index in [1.165, 1.54) is 0 Å². The van der Waals surface area contributed by atoms with Crippen molar-refractivity contribution >= 4 is 25.2 Å². The second kappa shape index (κ2) is 10.3. The minimum atomic E-state index is -4.62. The fraction of sp³-hybridized carbons (Fsp3) is 0.269. The van der Waals surface area contributed by atoms with Gasteiger partial charge in [0.1, 0.15) is 22.9 Å². The van der Waals surface area contributed by atoms with Gasteiger partial charge in [0.05, 0.1) is 0 Å². The summed E-state index contributed by atoms with van der Waals surface area (Å²) < 4.78 is 107. The zero-order valence-corrected chi connectivity index (χ0v) is 20.4. The number of ether oxygens (including phenoxy) is 1. The maximum absolute atomic E-state index is 14.6. The lowest BCUT2D eigenvalue weighted by Gasteiger charge is -2.26. The van der Waals surface area contributed by atoms with Crippen LogP contribution in [0.3, 0.4) is 0 Å². The standard InChI is InChI=1S/C26H20F7IO/c1-34-18-8-6-15(7-9-18)14-2-4-16(5-3-14)17-10-20(27)24(21(28)11-17)26(32,33)35-19-12-22(29)25(31)23(30)13-19/h2-5,10-13,15,18H,1,6-9H2. The first-order valence-electron chi connectivity index (χ1n) is 10.8. The summed E-state index contributed by atoms with van der Waals surface area (Å²) in [5, 5.41) is 0. The molecule has 0 saturated heterocycles. The number of rotatable bonds is 6. The van der Waals surface area contributed by atoms with Gasteiger partial charge in [-0.3, -0.25) is 0 Å². The minimum Gasteiger partial charge on any atom is -0.429 e. The third-order valence-electron chi connectivity index (χ3n) is 6.13. The minimum absolute atomic E-state index is 0.00848. The van der Waals surface area contributed by atoms with E-state index in [9.17, 15) is 30.7 Å². The molecule has 0 aromatic heterocycles. The number of hydrogen-bond donors (Lipinski definition) is 0. The summed E-state index contributed by atoms with van der Waals surface area (Å²) in [4.78, 5) is 0. The molecule has 1 aliphatic rings. The summed E-state index contributed by atoms with van der Waals surface area (Å²) >= 11 is -0.00848. The second-order valence-corrected chi connectivity index (χ2v) is 11.0. The zero-order chi connectivity index (χ0) is 25.3. The van der Waals surface area contributed by atoms with E-state index in [-0.39, 0.29) is 38.4 Å². The number of hydrogen-bond acceptors (Lipinski definition) is 1. The molecule has 0 spiro atoms. The van der Waals surface area contributed by atoms with Gasteiger partial charge in [-0.2, -0.15) is 8.78 Å². The van der Waals surface area contributed by atoms with Crippen LogP contribution >= 0.6 is 20.7 Å². The predicted molar refractivity (Wildman–Crippen MR) is 129 cm³/mol. The zero-order valence-electron chi connectivity index (χ0n) is 18.2. The van der Waals surface area contributed by atoms with Gasteiger partial charge in [0.15, 0.2) is 17.5 Å². The average molecular weight is 608 g/mol. The van der Waals surface area contributed by atoms with E-state index in [0.29, 0.717) is 11.5 Å². The van der Waals surface area contributed by atoms with E-state index in [1.807, 2.05) is 12.1 Å². The van der Waals surface area contributed by atoms with Gasteiger partial charge >= 0.3 is 6.11 Å². The van der Waals surface area contributed by atoms with E-state index in [1.54, 1.807) is 12.1 Å². The predicted octanol–water partition coefficient (Wildman–Crippen LogP) is 8.61. The highest BCUT2D eigenvalue weighted by Crippen LogP contribution is 2.39. The van der Waals surface area contributed by atoms with E-state index >= 15 is 0 Å². The van der Waals surface area contributed by atoms with Crippen LogP contribution in [0.2, 0.25) is 0 Å². The topological polar surface area (TPSA) is 9.23 Å². The molecule has 1 nitrogen and oxygen atoms in total. The van der Waals surface area contributed by atoms with Gasteiger partial charge in [0.25, 0.3) is 0 Å². The molecule has 1 fully saturated rings. The summed E-state index contributed by atoms with van der Waals surface area (Å²) in [5.41, 5.74) is -0.142. The average Bonchev–Trinajstić information content (AvgIpc) is 2.81. The molecule has 3 aromatic rings. The molecule has 3 aromatic carbocycles. The van der Waals surface area contributed by atoms with E-state index < -0.39 is 46.5 Å². The molecule has 9 heteroatoms. The molecule has 0 radical (unpaired) electrons. The molecule has 1 saturated carbocycles. The molecule has 1 aliphatic carbocycles. The summed E-state index contributed by atoms with van der Waals surface area (Å²) in [6.45, 7) is 0. The van der Waals surface area contributed by atoms with Crippen molar-refractivity contribution < 1.29 is 35.5 Å². The summed E-state index contributed by atoms with van der Waals surface area (Å²) in [6, 6.07) is 8.90. The van der Waals surface area contributed by atoms with Crippen LogP contribution in [0.1, 0.15) is 42.7 Å². The first kappa shape index (κ1) is 25.7. The molecule has 0 aliphatic heterocycles. The Morgan fingerprint density at radius 2 is 1.29 bits per heavy atom. The summed E-state index contributed by atoms with van der Waals surface area (Å²) in [5.74, 6) is -9.39. The molecule has 0 bridgehead atoms. The van der Waals surface area contributed by atoms with Crippen molar-refractivity contribution in [3.05, 3.63) is 88.7 Å². The van der Waals surface area contributed by atoms with E-state index in [0.717, 1.165) is 47.3 Å². The lowest BCUT2D eigenvalue weighted by Crippen LogP contribution is -2.25. The van der Waals surface area contributed by atoms with Crippen LogP contribution in [0.4, 0.5) is 30.7 Å². The molecular weight excluding hydrogens is 588 g/mol. The monoisotopic (exact) mass is 608 g/mol. The van der Waals surface area contributed by atoms with Gasteiger partial charge in [0, 0.05) is 16.1 Å². The van der Waals surface area contributed by atoms with E-state index in [4.69, 9.17) is 0 Å². The molecule has 0 N–H and O–H groups in total. The van der Waals surface area contributed by atoms with Gasteiger partial charge in [0.2, 0.25) is 0 Å². The highest BCUT2D eigenvalue weighted by atomic mass is 127. The third kappa shape index (κ3) is 5.54. The quantitative estimate of drug-likeness (QED) is 0.118. The van der Waals surface area contributed by atoms with Crippen molar-refractivity contribution in [3.8, 4) is 16.9 Å². The van der Waals surface area contributed by atoms with Crippen LogP contribution in [-0.2, 0) is 6.11 Å². The molecule has 0 atom stereocenters. The Bertz CT molecular complexity index is 1190. The van der Waals surface area contributed by atoms with Gasteiger partial charge in [-0.05, 0) is 60.4 Å². The van der Waals surface area contributed by atoms with Crippen molar-refractivity contribution in [2.75, 3.05) is 0 Å². The van der Waals surface area contributed by atoms with Crippen LogP contribution < -0.4 is 4.74 Å². The normalized spacial score (nSPS) is 18.5. The van der Waals surface area contributed by atoms with Gasteiger partial charge in [-0.15, -0.1) is 20.7 Å². The lowest BCUT2D eigenvalue weighted by molar-refractivity contribution is -0.189. The van der Waals surface area contributed by atoms with Crippen molar-refractivity contribution in [2.45, 2.75) is 41.6 Å². The second-order valence-electron chi connectivity index (χ2n) is 8.36. The highest BCUT2D eigenvalue weighted by molar-refractivity contribution is 14.2. The lowest BCUT2D eigenvalue weighted by atomic mass is 9.83. The Morgan fingerprint density at radius 3 is 1.80 bits per heavy atom. The number of halogens is 8. The third-order valence-corrected chi connectivity index (χ3v) is 8.62. The maximum Gasteiger partial charge on any atom is 0.432 e. The van der Waals surface area contributed by atoms with Crippen LogP contribution in [0.15, 0.2) is 48.5 Å².